The van der Waals surface area contributed by atoms with Gasteiger partial charge in [-0.2, -0.15) is 15.2 Å². The number of benzene rings is 4. The first-order chi connectivity index (χ1) is 41.7. The van der Waals surface area contributed by atoms with Gasteiger partial charge < -0.3 is 71.2 Å². The minimum Gasteiger partial charge on any atom is -0.494 e. The van der Waals surface area contributed by atoms with Crippen molar-refractivity contribution in [2.24, 2.45) is 0 Å². The van der Waals surface area contributed by atoms with E-state index in [9.17, 15) is 28.6 Å². The van der Waals surface area contributed by atoms with Gasteiger partial charge in [-0.1, -0.05) is 6.58 Å². The Bertz CT molecular complexity index is 3440. The summed E-state index contributed by atoms with van der Waals surface area (Å²) < 4.78 is 41.0. The molecule has 2 aromatic heterocycles. The number of likely N-dealkylation sites (N-methyl/N-ethyl adjacent to an activating group) is 4. The topological polar surface area (TPSA) is 279 Å². The number of carbonyl (C=O) groups excluding carboxylic acids is 2. The maximum absolute atomic E-state index is 14.8. The van der Waals surface area contributed by atoms with Gasteiger partial charge in [-0.15, -0.1) is 11.6 Å². The number of ether oxygens (including phenoxy) is 2. The van der Waals surface area contributed by atoms with Gasteiger partial charge in [0.25, 0.3) is 0 Å². The van der Waals surface area contributed by atoms with Gasteiger partial charge in [0.1, 0.15) is 35.8 Å². The third-order valence-corrected chi connectivity index (χ3v) is 14.2. The summed E-state index contributed by atoms with van der Waals surface area (Å²) in [5, 5.41) is 47.2. The molecule has 26 heteroatoms. The van der Waals surface area contributed by atoms with Crippen molar-refractivity contribution < 1.29 is 38.1 Å². The lowest BCUT2D eigenvalue weighted by molar-refractivity contribution is -0.116. The van der Waals surface area contributed by atoms with Crippen LogP contribution in [0.1, 0.15) is 101 Å². The summed E-state index contributed by atoms with van der Waals surface area (Å²) in [6.45, 7) is 14.4. The maximum Gasteiger partial charge on any atom is 0.247 e. The molecule has 4 aromatic carbocycles. The highest BCUT2D eigenvalue weighted by atomic mass is 35.5. The van der Waals surface area contributed by atoms with Crippen molar-refractivity contribution in [3.05, 3.63) is 108 Å². The number of nitriles is 1. The molecule has 0 saturated heterocycles. The Morgan fingerprint density at radius 2 is 1.00 bits per heavy atom. The molecule has 0 atom stereocenters. The number of aliphatic hydroxyl groups is 2. The van der Waals surface area contributed by atoms with Crippen molar-refractivity contribution >= 4 is 92.7 Å². The van der Waals surface area contributed by atoms with Crippen molar-refractivity contribution in [1.82, 2.24) is 39.7 Å². The van der Waals surface area contributed by atoms with Crippen LogP contribution in [0.4, 0.5) is 78.1 Å². The molecular formula is C62H82ClF2N17O6. The second-order valence-corrected chi connectivity index (χ2v) is 23.1. The molecule has 0 bridgehead atoms. The molecule has 0 aliphatic heterocycles. The van der Waals surface area contributed by atoms with Crippen molar-refractivity contribution in [1.29, 1.82) is 5.26 Å². The molecule has 0 spiro atoms. The molecule has 8 N–H and O–H groups in total. The van der Waals surface area contributed by atoms with Crippen LogP contribution in [0.3, 0.4) is 0 Å². The molecule has 2 heterocycles. The quantitative estimate of drug-likeness (QED) is 0.0176. The van der Waals surface area contributed by atoms with E-state index in [1.807, 2.05) is 64.2 Å². The summed E-state index contributed by atoms with van der Waals surface area (Å²) in [6, 6.07) is 15.1. The molecular weight excluding hydrogens is 1150 g/mol. The lowest BCUT2D eigenvalue weighted by atomic mass is 9.93. The Balaban J connectivity index is 0.000000269. The number of carbonyl (C=O) groups is 2. The summed E-state index contributed by atoms with van der Waals surface area (Å²) in [4.78, 5) is 59.0. The highest BCUT2D eigenvalue weighted by Gasteiger charge is 2.32. The van der Waals surface area contributed by atoms with Gasteiger partial charge in [0.15, 0.2) is 0 Å². The van der Waals surface area contributed by atoms with Crippen molar-refractivity contribution in [2.75, 3.05) is 130 Å². The van der Waals surface area contributed by atoms with E-state index >= 15 is 0 Å². The molecule has 88 heavy (non-hydrogen) atoms. The molecule has 2 aliphatic carbocycles. The van der Waals surface area contributed by atoms with Crippen LogP contribution in [0.25, 0.3) is 0 Å². The zero-order valence-corrected chi connectivity index (χ0v) is 53.1. The molecule has 8 rings (SSSR count). The highest BCUT2D eigenvalue weighted by Crippen LogP contribution is 2.46. The van der Waals surface area contributed by atoms with E-state index in [-0.39, 0.29) is 71.4 Å². The zero-order valence-electron chi connectivity index (χ0n) is 52.4. The Morgan fingerprint density at radius 1 is 0.636 bits per heavy atom. The van der Waals surface area contributed by atoms with E-state index in [1.165, 1.54) is 37.8 Å². The molecule has 472 valence electrons. The number of alkyl halides is 1. The number of hydrogen-bond acceptors (Lipinski definition) is 21. The fourth-order valence-corrected chi connectivity index (χ4v) is 9.23. The SMILES string of the molecule is C=CC(=O)Nc1cc(Nc2ncnc(Nc3cc(C4CC4)c(F)cc3C(C)(C)O)n2)c(OC)cc1N(C)CCN(C)C.CC#N.COc1cc(N(C)CCN(C)C)c(NC(=O)CCCl)cc1Nc1ncnc(Nc2cc(C3CC3)c(F)cc2C(C)(C)O)n1. The Kier molecular flexibility index (Phi) is 24.1. The van der Waals surface area contributed by atoms with Gasteiger partial charge in [0.05, 0.1) is 65.6 Å². The third-order valence-electron chi connectivity index (χ3n) is 14.0. The summed E-state index contributed by atoms with van der Waals surface area (Å²) in [6.07, 6.45) is 7.76. The van der Waals surface area contributed by atoms with Gasteiger partial charge in [0.2, 0.25) is 35.6 Å². The molecule has 0 unspecified atom stereocenters. The Labute approximate surface area is 519 Å². The van der Waals surface area contributed by atoms with Crippen LogP contribution in [0.15, 0.2) is 73.8 Å². The van der Waals surface area contributed by atoms with Crippen LogP contribution in [0.5, 0.6) is 11.5 Å². The first-order valence-corrected chi connectivity index (χ1v) is 29.1. The average Bonchev–Trinajstić information content (AvgIpc) is 1.74. The Hall–Kier alpha value is -8.54. The van der Waals surface area contributed by atoms with E-state index in [0.29, 0.717) is 81.0 Å². The summed E-state index contributed by atoms with van der Waals surface area (Å²) in [7, 11) is 15.0. The third kappa shape index (κ3) is 19.5. The minimum atomic E-state index is -1.31. The van der Waals surface area contributed by atoms with Gasteiger partial charge in [-0.25, -0.2) is 28.7 Å². The van der Waals surface area contributed by atoms with Crippen molar-refractivity contribution in [2.45, 2.75) is 89.8 Å². The lowest BCUT2D eigenvalue weighted by Gasteiger charge is -2.26. The van der Waals surface area contributed by atoms with E-state index in [2.05, 4.69) is 78.2 Å². The number of amides is 2. The zero-order chi connectivity index (χ0) is 64.6. The van der Waals surface area contributed by atoms with Gasteiger partial charge in [0, 0.05) is 94.1 Å². The number of rotatable bonds is 27. The number of nitrogens with one attached hydrogen (secondary N) is 6. The molecule has 2 fully saturated rings. The number of anilines is 12. The summed E-state index contributed by atoms with van der Waals surface area (Å²) in [5.74, 6) is 1.13. The standard InChI is InChI=1S/C30H40ClFN8O3.C30H39FN8O3.C2H3N/c1-30(2,42)20-14-21(32)19(18-7-8-18)13-22(20)36-28-33-17-34-29(38-28)37-24-15-23(35-27(41)9-10-31)25(16-26(24)43-6)40(5)12-11-39(3)4;1-8-27(40)34-23-15-24(26(42-7)16-25(23)39(6)12-11-38(4)5)36-29-33-17-32-28(37-29)35-22-13-19(18-9-10-18)21(31)14-20(22)30(2,3)41;1-2-3/h13-18,42H,7-12H2,1-6H3,(H,35,41)(H2,33,34,36,37,38);8,13-18,41H,1,9-12H2,2-7H3,(H,34,40)(H2,32,33,35,36,37);1H3. The van der Waals surface area contributed by atoms with E-state index in [1.54, 1.807) is 72.2 Å². The van der Waals surface area contributed by atoms with Crippen LogP contribution < -0.4 is 51.2 Å². The van der Waals surface area contributed by atoms with E-state index < -0.39 is 11.2 Å². The van der Waals surface area contributed by atoms with Gasteiger partial charge in [-0.3, -0.25) is 9.59 Å². The summed E-state index contributed by atoms with van der Waals surface area (Å²) >= 11 is 5.81. The largest absolute Gasteiger partial charge is 0.494 e. The predicted molar refractivity (Wildman–Crippen MR) is 344 cm³/mol. The van der Waals surface area contributed by atoms with Crippen LogP contribution in [-0.2, 0) is 20.8 Å². The van der Waals surface area contributed by atoms with E-state index in [4.69, 9.17) is 26.3 Å². The number of nitrogens with zero attached hydrogens (tertiary/aromatic N) is 11. The van der Waals surface area contributed by atoms with Gasteiger partial charge in [-0.05, 0) is 147 Å². The number of hydrogen-bond donors (Lipinski definition) is 8. The fourth-order valence-electron chi connectivity index (χ4n) is 9.06. The molecule has 6 aromatic rings. The van der Waals surface area contributed by atoms with Crippen LogP contribution >= 0.6 is 11.6 Å². The molecule has 2 saturated carbocycles. The lowest BCUT2D eigenvalue weighted by Crippen LogP contribution is -2.29. The molecule has 23 nitrogen and oxygen atoms in total. The first-order valence-electron chi connectivity index (χ1n) is 28.5. The second-order valence-electron chi connectivity index (χ2n) is 22.8. The van der Waals surface area contributed by atoms with Crippen LogP contribution in [-0.4, -0.2) is 150 Å². The molecule has 2 aliphatic rings. The smallest absolute Gasteiger partial charge is 0.247 e. The van der Waals surface area contributed by atoms with Crippen LogP contribution in [0, 0.1) is 23.0 Å². The van der Waals surface area contributed by atoms with Gasteiger partial charge >= 0.3 is 0 Å². The first kappa shape index (κ1) is 68.6. The number of methoxy groups -OCH3 is 2. The molecule has 0 radical (unpaired) electrons. The Morgan fingerprint density at radius 3 is 1.32 bits per heavy atom. The van der Waals surface area contributed by atoms with E-state index in [0.717, 1.165) is 50.1 Å². The second kappa shape index (κ2) is 30.9. The fraction of sp³-hybridized carbons (Fsp3) is 0.435. The highest BCUT2D eigenvalue weighted by molar-refractivity contribution is 6.19. The summed E-state index contributed by atoms with van der Waals surface area (Å²) in [5.41, 5.74) is 4.07. The normalized spacial score (nSPS) is 12.8. The number of halogens is 3. The number of aromatic nitrogens is 6. The van der Waals surface area contributed by atoms with Crippen molar-refractivity contribution in [3.63, 3.8) is 0 Å². The average molecular weight is 1230 g/mol. The minimum absolute atomic E-state index is 0.165. The van der Waals surface area contributed by atoms with Crippen molar-refractivity contribution in [3.8, 4) is 17.6 Å². The predicted octanol–water partition coefficient (Wildman–Crippen LogP) is 10.4. The molecule has 2 amide bonds. The monoisotopic (exact) mass is 1230 g/mol. The maximum atomic E-state index is 14.8. The van der Waals surface area contributed by atoms with Crippen LogP contribution in [0.2, 0.25) is 0 Å².